The van der Waals surface area contributed by atoms with Crippen molar-refractivity contribution >= 4 is 34.6 Å². The van der Waals surface area contributed by atoms with Gasteiger partial charge in [-0.2, -0.15) is 0 Å². The summed E-state index contributed by atoms with van der Waals surface area (Å²) >= 11 is 5.92. The minimum atomic E-state index is -0.197. The number of nitrogens with one attached hydrogen (secondary N) is 1. The van der Waals surface area contributed by atoms with Crippen LogP contribution in [0.3, 0.4) is 0 Å². The van der Waals surface area contributed by atoms with E-state index in [4.69, 9.17) is 17.3 Å². The van der Waals surface area contributed by atoms with Crippen LogP contribution in [0.25, 0.3) is 0 Å². The van der Waals surface area contributed by atoms with Gasteiger partial charge in [0.15, 0.2) is 0 Å². The third-order valence-electron chi connectivity index (χ3n) is 4.07. The number of benzene rings is 2. The van der Waals surface area contributed by atoms with Gasteiger partial charge in [-0.1, -0.05) is 17.7 Å². The Hall–Kier alpha value is -2.20. The van der Waals surface area contributed by atoms with Crippen LogP contribution in [0, 0.1) is 0 Å². The fourth-order valence-corrected chi connectivity index (χ4v) is 3.08. The number of nitrogens with zero attached hydrogens (tertiary/aromatic N) is 1. The summed E-state index contributed by atoms with van der Waals surface area (Å²) in [7, 11) is 0. The smallest absolute Gasteiger partial charge is 0.255 e. The molecule has 1 saturated heterocycles. The van der Waals surface area contributed by atoms with Gasteiger partial charge in [-0.25, -0.2) is 0 Å². The van der Waals surface area contributed by atoms with Gasteiger partial charge >= 0.3 is 0 Å². The maximum atomic E-state index is 12.2. The van der Waals surface area contributed by atoms with E-state index in [1.165, 1.54) is 19.3 Å². The highest BCUT2D eigenvalue weighted by Gasteiger charge is 2.14. The third-order valence-corrected chi connectivity index (χ3v) is 4.30. The highest BCUT2D eigenvalue weighted by atomic mass is 35.5. The second-order valence-corrected chi connectivity index (χ2v) is 6.22. The lowest BCUT2D eigenvalue weighted by Gasteiger charge is -2.30. The molecule has 2 aromatic carbocycles. The minimum absolute atomic E-state index is 0.197. The summed E-state index contributed by atoms with van der Waals surface area (Å²) in [6.45, 7) is 2.08. The molecule has 23 heavy (non-hydrogen) atoms. The summed E-state index contributed by atoms with van der Waals surface area (Å²) in [6.07, 6.45) is 3.68. The monoisotopic (exact) mass is 329 g/mol. The molecule has 4 nitrogen and oxygen atoms in total. The average Bonchev–Trinajstić information content (AvgIpc) is 2.56. The van der Waals surface area contributed by atoms with Gasteiger partial charge in [0.25, 0.3) is 5.91 Å². The molecule has 0 bridgehead atoms. The molecule has 0 spiro atoms. The third kappa shape index (κ3) is 3.77. The molecule has 1 heterocycles. The number of amides is 1. The Balaban J connectivity index is 1.73. The van der Waals surface area contributed by atoms with Crippen LogP contribution < -0.4 is 16.0 Å². The van der Waals surface area contributed by atoms with E-state index in [1.54, 1.807) is 24.3 Å². The summed E-state index contributed by atoms with van der Waals surface area (Å²) in [5.74, 6) is -0.197. The normalized spacial score (nSPS) is 14.6. The molecule has 1 fully saturated rings. The lowest BCUT2D eigenvalue weighted by molar-refractivity contribution is 0.102. The maximum absolute atomic E-state index is 12.2. The van der Waals surface area contributed by atoms with Gasteiger partial charge in [0, 0.05) is 29.4 Å². The molecule has 0 radical (unpaired) electrons. The summed E-state index contributed by atoms with van der Waals surface area (Å²) in [5.41, 5.74) is 9.13. The van der Waals surface area contributed by atoms with E-state index in [0.717, 1.165) is 18.8 Å². The van der Waals surface area contributed by atoms with Gasteiger partial charge in [0.1, 0.15) is 0 Å². The number of nitrogens with two attached hydrogens (primary N) is 1. The summed E-state index contributed by atoms with van der Waals surface area (Å²) < 4.78 is 0. The van der Waals surface area contributed by atoms with Gasteiger partial charge in [0.2, 0.25) is 0 Å². The number of carbonyl (C=O) groups excluding carboxylic acids is 1. The first-order chi connectivity index (χ1) is 11.1. The van der Waals surface area contributed by atoms with Crippen molar-refractivity contribution in [3.8, 4) is 0 Å². The molecular weight excluding hydrogens is 310 g/mol. The van der Waals surface area contributed by atoms with Gasteiger partial charge in [-0.15, -0.1) is 0 Å². The van der Waals surface area contributed by atoms with Crippen molar-refractivity contribution in [3.05, 3.63) is 53.1 Å². The summed E-state index contributed by atoms with van der Waals surface area (Å²) in [6, 6.07) is 12.5. The van der Waals surface area contributed by atoms with Gasteiger partial charge in [0.05, 0.1) is 11.4 Å². The molecule has 0 atom stereocenters. The first-order valence-corrected chi connectivity index (χ1v) is 8.23. The molecule has 3 N–H and O–H groups in total. The highest BCUT2D eigenvalue weighted by Crippen LogP contribution is 2.29. The predicted octanol–water partition coefficient (Wildman–Crippen LogP) is 4.16. The first kappa shape index (κ1) is 15.7. The van der Waals surface area contributed by atoms with Gasteiger partial charge in [-0.05, 0) is 55.7 Å². The second kappa shape index (κ2) is 6.92. The average molecular weight is 330 g/mol. The van der Waals surface area contributed by atoms with E-state index < -0.39 is 0 Å². The van der Waals surface area contributed by atoms with Gasteiger partial charge in [-0.3, -0.25) is 4.79 Å². The van der Waals surface area contributed by atoms with Crippen molar-refractivity contribution in [2.75, 3.05) is 29.0 Å². The van der Waals surface area contributed by atoms with Crippen molar-refractivity contribution in [3.63, 3.8) is 0 Å². The molecule has 120 valence electrons. The van der Waals surface area contributed by atoms with Crippen LogP contribution in [-0.4, -0.2) is 19.0 Å². The molecule has 0 aliphatic carbocycles. The standard InChI is InChI=1S/C18H20ClN3O/c19-14-6-4-5-13(11-14)18(23)21-15-7-8-17(16(20)12-15)22-9-2-1-3-10-22/h4-8,11-12H,1-3,9-10,20H2,(H,21,23). The van der Waals surface area contributed by atoms with E-state index >= 15 is 0 Å². The Bertz CT molecular complexity index is 711. The Morgan fingerprint density at radius 1 is 1.09 bits per heavy atom. The number of nitrogen functional groups attached to an aromatic ring is 1. The lowest BCUT2D eigenvalue weighted by Crippen LogP contribution is -2.30. The predicted molar refractivity (Wildman–Crippen MR) is 96.3 cm³/mol. The summed E-state index contributed by atoms with van der Waals surface area (Å²) in [4.78, 5) is 14.6. The molecule has 2 aromatic rings. The zero-order chi connectivity index (χ0) is 16.2. The zero-order valence-corrected chi connectivity index (χ0v) is 13.6. The number of carbonyl (C=O) groups is 1. The molecule has 1 amide bonds. The van der Waals surface area contributed by atoms with E-state index in [2.05, 4.69) is 10.2 Å². The van der Waals surface area contributed by atoms with E-state index in [9.17, 15) is 4.79 Å². The topological polar surface area (TPSA) is 58.4 Å². The van der Waals surface area contributed by atoms with Crippen LogP contribution in [0.4, 0.5) is 17.1 Å². The largest absolute Gasteiger partial charge is 0.397 e. The van der Waals surface area contributed by atoms with Crippen LogP contribution in [0.1, 0.15) is 29.6 Å². The molecule has 3 rings (SSSR count). The minimum Gasteiger partial charge on any atom is -0.397 e. The number of halogens is 1. The number of piperidine rings is 1. The molecule has 1 aliphatic rings. The van der Waals surface area contributed by atoms with E-state index in [-0.39, 0.29) is 5.91 Å². The number of rotatable bonds is 3. The Morgan fingerprint density at radius 2 is 1.87 bits per heavy atom. The molecule has 0 unspecified atom stereocenters. The Morgan fingerprint density at radius 3 is 2.57 bits per heavy atom. The Kier molecular flexibility index (Phi) is 4.72. The van der Waals surface area contributed by atoms with Crippen LogP contribution in [0.5, 0.6) is 0 Å². The molecule has 1 aliphatic heterocycles. The fraction of sp³-hybridized carbons (Fsp3) is 0.278. The van der Waals surface area contributed by atoms with Crippen LogP contribution >= 0.6 is 11.6 Å². The number of hydrogen-bond donors (Lipinski definition) is 2. The van der Waals surface area contributed by atoms with Crippen molar-refractivity contribution < 1.29 is 4.79 Å². The number of anilines is 3. The molecule has 0 aromatic heterocycles. The highest BCUT2D eigenvalue weighted by molar-refractivity contribution is 6.31. The quantitative estimate of drug-likeness (QED) is 0.831. The van der Waals surface area contributed by atoms with Crippen molar-refractivity contribution in [2.45, 2.75) is 19.3 Å². The molecule has 0 saturated carbocycles. The van der Waals surface area contributed by atoms with Crippen LogP contribution in [0.15, 0.2) is 42.5 Å². The van der Waals surface area contributed by atoms with Crippen LogP contribution in [0.2, 0.25) is 5.02 Å². The van der Waals surface area contributed by atoms with E-state index in [1.807, 2.05) is 18.2 Å². The van der Waals surface area contributed by atoms with Crippen molar-refractivity contribution in [1.29, 1.82) is 0 Å². The van der Waals surface area contributed by atoms with Gasteiger partial charge < -0.3 is 16.0 Å². The summed E-state index contributed by atoms with van der Waals surface area (Å²) in [5, 5.41) is 3.40. The molecular formula is C18H20ClN3O. The SMILES string of the molecule is Nc1cc(NC(=O)c2cccc(Cl)c2)ccc1N1CCCCC1. The number of hydrogen-bond acceptors (Lipinski definition) is 3. The van der Waals surface area contributed by atoms with Crippen LogP contribution in [-0.2, 0) is 0 Å². The molecule has 5 heteroatoms. The second-order valence-electron chi connectivity index (χ2n) is 5.79. The maximum Gasteiger partial charge on any atom is 0.255 e. The first-order valence-electron chi connectivity index (χ1n) is 7.85. The zero-order valence-electron chi connectivity index (χ0n) is 12.9. The van der Waals surface area contributed by atoms with Crippen molar-refractivity contribution in [2.24, 2.45) is 0 Å². The lowest BCUT2D eigenvalue weighted by atomic mass is 10.1. The Labute approximate surface area is 141 Å². The van der Waals surface area contributed by atoms with Crippen molar-refractivity contribution in [1.82, 2.24) is 0 Å². The van der Waals surface area contributed by atoms with E-state index in [0.29, 0.717) is 22.0 Å². The fourth-order valence-electron chi connectivity index (χ4n) is 2.89.